The zero-order chi connectivity index (χ0) is 13.0. The summed E-state index contributed by atoms with van der Waals surface area (Å²) in [6.07, 6.45) is 8.35. The van der Waals surface area contributed by atoms with Gasteiger partial charge in [0.25, 0.3) is 0 Å². The van der Waals surface area contributed by atoms with Crippen LogP contribution in [0.1, 0.15) is 37.7 Å². The minimum Gasteiger partial charge on any atom is -0.206 e. The lowest BCUT2D eigenvalue weighted by Crippen LogP contribution is -2.10. The smallest absolute Gasteiger partial charge is 0.131 e. The molecule has 18 heavy (non-hydrogen) atoms. The van der Waals surface area contributed by atoms with Gasteiger partial charge in [0.15, 0.2) is 0 Å². The molecule has 0 radical (unpaired) electrons. The molecule has 0 heterocycles. The number of benzene rings is 1. The molecule has 0 amide bonds. The van der Waals surface area contributed by atoms with Gasteiger partial charge in [-0.15, -0.1) is 0 Å². The van der Waals surface area contributed by atoms with Crippen molar-refractivity contribution in [2.45, 2.75) is 32.1 Å². The molecule has 2 rings (SSSR count). The average Bonchev–Trinajstić information content (AvgIpc) is 2.39. The van der Waals surface area contributed by atoms with E-state index in [1.807, 2.05) is 6.08 Å². The number of alkyl halides is 1. The first kappa shape index (κ1) is 14.1. The second-order valence-corrected chi connectivity index (χ2v) is 5.85. The first-order valence-electron chi connectivity index (χ1n) is 6.42. The summed E-state index contributed by atoms with van der Waals surface area (Å²) in [5.74, 6) is 0.366. The van der Waals surface area contributed by atoms with Gasteiger partial charge in [0.2, 0.25) is 0 Å². The largest absolute Gasteiger partial charge is 0.206 e. The van der Waals surface area contributed by atoms with Crippen molar-refractivity contribution in [3.63, 3.8) is 0 Å². The van der Waals surface area contributed by atoms with Crippen LogP contribution in [0, 0.1) is 11.7 Å². The van der Waals surface area contributed by atoms with E-state index in [2.05, 4.69) is 15.9 Å². The fourth-order valence-electron chi connectivity index (χ4n) is 2.56. The van der Waals surface area contributed by atoms with Crippen molar-refractivity contribution >= 4 is 33.6 Å². The summed E-state index contributed by atoms with van der Waals surface area (Å²) in [5, 5.41) is 1.27. The second kappa shape index (κ2) is 6.72. The topological polar surface area (TPSA) is 0 Å². The van der Waals surface area contributed by atoms with E-state index in [4.69, 9.17) is 11.6 Å². The zero-order valence-corrected chi connectivity index (χ0v) is 12.6. The van der Waals surface area contributed by atoms with Crippen LogP contribution < -0.4 is 0 Å². The highest BCUT2D eigenvalue weighted by atomic mass is 79.9. The first-order chi connectivity index (χ1) is 8.70. The van der Waals surface area contributed by atoms with Crippen molar-refractivity contribution in [1.29, 1.82) is 0 Å². The van der Waals surface area contributed by atoms with Gasteiger partial charge >= 0.3 is 0 Å². The standard InChI is InChI=1S/C15H17BrClF/c16-10-13(11-4-2-1-3-5-11)8-12-6-7-14(17)9-15(12)18/h6-9,11H,1-5,10H2/b13-8-. The molecule has 0 nitrogen and oxygen atoms in total. The van der Waals surface area contributed by atoms with Gasteiger partial charge in [-0.2, -0.15) is 0 Å². The molecule has 1 aromatic carbocycles. The lowest BCUT2D eigenvalue weighted by molar-refractivity contribution is 0.405. The van der Waals surface area contributed by atoms with E-state index in [9.17, 15) is 4.39 Å². The van der Waals surface area contributed by atoms with Crippen LogP contribution in [0.15, 0.2) is 23.8 Å². The summed E-state index contributed by atoms with van der Waals surface area (Å²) in [6.45, 7) is 0. The highest BCUT2D eigenvalue weighted by Crippen LogP contribution is 2.32. The van der Waals surface area contributed by atoms with Gasteiger partial charge in [-0.25, -0.2) is 4.39 Å². The van der Waals surface area contributed by atoms with E-state index < -0.39 is 0 Å². The third-order valence-electron chi connectivity index (χ3n) is 3.59. The van der Waals surface area contributed by atoms with Crippen molar-refractivity contribution in [2.24, 2.45) is 5.92 Å². The summed E-state index contributed by atoms with van der Waals surface area (Å²) >= 11 is 9.30. The Morgan fingerprint density at radius 3 is 2.67 bits per heavy atom. The van der Waals surface area contributed by atoms with Gasteiger partial charge in [-0.1, -0.05) is 64.5 Å². The Kier molecular flexibility index (Phi) is 5.25. The summed E-state index contributed by atoms with van der Waals surface area (Å²) in [6, 6.07) is 4.87. The Bertz CT molecular complexity index is 436. The maximum Gasteiger partial charge on any atom is 0.131 e. The van der Waals surface area contributed by atoms with Crippen molar-refractivity contribution in [1.82, 2.24) is 0 Å². The van der Waals surface area contributed by atoms with Crippen molar-refractivity contribution in [3.8, 4) is 0 Å². The van der Waals surface area contributed by atoms with Crippen LogP contribution in [0.4, 0.5) is 4.39 Å². The van der Waals surface area contributed by atoms with E-state index in [-0.39, 0.29) is 5.82 Å². The molecule has 1 saturated carbocycles. The molecule has 0 N–H and O–H groups in total. The molecule has 0 unspecified atom stereocenters. The molecule has 0 saturated heterocycles. The van der Waals surface area contributed by atoms with Gasteiger partial charge < -0.3 is 0 Å². The zero-order valence-electron chi connectivity index (χ0n) is 10.3. The fraction of sp³-hybridized carbons (Fsp3) is 0.467. The lowest BCUT2D eigenvalue weighted by atomic mass is 9.84. The van der Waals surface area contributed by atoms with Crippen LogP contribution in [0.5, 0.6) is 0 Å². The average molecular weight is 332 g/mol. The highest BCUT2D eigenvalue weighted by molar-refractivity contribution is 9.09. The molecule has 3 heteroatoms. The Morgan fingerprint density at radius 2 is 2.06 bits per heavy atom. The quantitative estimate of drug-likeness (QED) is 0.611. The predicted molar refractivity (Wildman–Crippen MR) is 79.8 cm³/mol. The number of hydrogen-bond acceptors (Lipinski definition) is 0. The van der Waals surface area contributed by atoms with Crippen LogP contribution in [0.3, 0.4) is 0 Å². The van der Waals surface area contributed by atoms with Crippen LogP contribution in [0.25, 0.3) is 6.08 Å². The van der Waals surface area contributed by atoms with Crippen molar-refractivity contribution < 1.29 is 4.39 Å². The van der Waals surface area contributed by atoms with E-state index in [1.165, 1.54) is 43.7 Å². The van der Waals surface area contributed by atoms with Crippen LogP contribution >= 0.6 is 27.5 Å². The minimum absolute atomic E-state index is 0.239. The second-order valence-electron chi connectivity index (χ2n) is 4.85. The summed E-state index contributed by atoms with van der Waals surface area (Å²) < 4.78 is 13.8. The molecule has 1 fully saturated rings. The van der Waals surface area contributed by atoms with E-state index >= 15 is 0 Å². The van der Waals surface area contributed by atoms with Gasteiger partial charge in [0.05, 0.1) is 0 Å². The maximum absolute atomic E-state index is 13.8. The number of allylic oxidation sites excluding steroid dienone is 1. The third-order valence-corrected chi connectivity index (χ3v) is 4.47. The lowest BCUT2D eigenvalue weighted by Gasteiger charge is -2.23. The maximum atomic E-state index is 13.8. The van der Waals surface area contributed by atoms with Crippen LogP contribution in [0.2, 0.25) is 5.02 Å². The number of halogens is 3. The summed E-state index contributed by atoms with van der Waals surface area (Å²) in [7, 11) is 0. The SMILES string of the molecule is Fc1cc(Cl)ccc1/C=C(/CBr)C1CCCCC1. The fourth-order valence-corrected chi connectivity index (χ4v) is 3.34. The predicted octanol–water partition coefficient (Wildman–Crippen LogP) is 5.84. The van der Waals surface area contributed by atoms with Crippen molar-refractivity contribution in [3.05, 3.63) is 40.2 Å². The monoisotopic (exact) mass is 330 g/mol. The molecule has 1 aromatic rings. The van der Waals surface area contributed by atoms with E-state index in [0.717, 1.165) is 5.33 Å². The van der Waals surface area contributed by atoms with Gasteiger partial charge in [0, 0.05) is 15.9 Å². The third kappa shape index (κ3) is 3.58. The molecule has 0 spiro atoms. The summed E-state index contributed by atoms with van der Waals surface area (Å²) in [4.78, 5) is 0. The number of rotatable bonds is 3. The van der Waals surface area contributed by atoms with Crippen molar-refractivity contribution in [2.75, 3.05) is 5.33 Å². The molecule has 0 atom stereocenters. The molecule has 1 aliphatic rings. The van der Waals surface area contributed by atoms with Gasteiger partial charge in [0.1, 0.15) is 5.82 Å². The molecular weight excluding hydrogens is 315 g/mol. The molecule has 1 aliphatic carbocycles. The highest BCUT2D eigenvalue weighted by Gasteiger charge is 2.17. The van der Waals surface area contributed by atoms with Gasteiger partial charge in [-0.05, 0) is 30.9 Å². The Balaban J connectivity index is 2.22. The first-order valence-corrected chi connectivity index (χ1v) is 7.92. The molecule has 0 bridgehead atoms. The van der Waals surface area contributed by atoms with E-state index in [0.29, 0.717) is 16.5 Å². The molecular formula is C15H17BrClF. The van der Waals surface area contributed by atoms with Crippen LogP contribution in [-0.2, 0) is 0 Å². The van der Waals surface area contributed by atoms with Gasteiger partial charge in [-0.3, -0.25) is 0 Å². The van der Waals surface area contributed by atoms with E-state index in [1.54, 1.807) is 12.1 Å². The molecule has 98 valence electrons. The summed E-state index contributed by atoms with van der Waals surface area (Å²) in [5.41, 5.74) is 1.94. The Labute approximate surface area is 121 Å². The Morgan fingerprint density at radius 1 is 1.33 bits per heavy atom. The molecule has 0 aromatic heterocycles. The Hall–Kier alpha value is -0.340. The minimum atomic E-state index is -0.239. The molecule has 0 aliphatic heterocycles. The number of hydrogen-bond donors (Lipinski definition) is 0. The van der Waals surface area contributed by atoms with Crippen LogP contribution in [-0.4, -0.2) is 5.33 Å². The normalized spacial score (nSPS) is 18.1.